The molecule has 0 aliphatic heterocycles. The Hall–Kier alpha value is -0.580. The molecule has 0 bridgehead atoms. The highest BCUT2D eigenvalue weighted by molar-refractivity contribution is 4.89. The molecule has 0 aromatic heterocycles. The van der Waals surface area contributed by atoms with Gasteiger partial charge in [-0.1, -0.05) is 19.3 Å². The van der Waals surface area contributed by atoms with E-state index in [1.54, 1.807) is 0 Å². The molecule has 1 fully saturated rings. The molecule has 1 nitrogen and oxygen atoms in total. The molecule has 0 aromatic rings. The third-order valence-corrected chi connectivity index (χ3v) is 2.10. The van der Waals surface area contributed by atoms with Crippen LogP contribution in [0, 0.1) is 17.2 Å². The average Bonchev–Trinajstić information content (AvgIpc) is 2.13. The van der Waals surface area contributed by atoms with Gasteiger partial charge in [0.25, 0.3) is 0 Å². The van der Waals surface area contributed by atoms with Gasteiger partial charge in [0.15, 0.2) is 0 Å². The van der Waals surface area contributed by atoms with Crippen LogP contribution in [0.5, 0.6) is 0 Å². The van der Waals surface area contributed by atoms with Crippen LogP contribution in [0.2, 0.25) is 0 Å². The number of rotatable bonds is 0. The number of halogens is 1. The monoisotopic (exact) mass is 141 g/mol. The smallest absolute Gasteiger partial charge is 0.116 e. The molecule has 0 aromatic carbocycles. The van der Waals surface area contributed by atoms with Crippen molar-refractivity contribution in [2.24, 2.45) is 5.92 Å². The summed E-state index contributed by atoms with van der Waals surface area (Å²) in [6.07, 6.45) is 3.58. The lowest BCUT2D eigenvalue weighted by atomic mass is 10.0. The maximum atomic E-state index is 12.9. The molecule has 1 aliphatic carbocycles. The second-order valence-corrected chi connectivity index (χ2v) is 2.89. The van der Waals surface area contributed by atoms with Crippen molar-refractivity contribution in [2.75, 3.05) is 0 Å². The second kappa shape index (κ2) is 3.55. The average molecular weight is 141 g/mol. The Kier molecular flexibility index (Phi) is 2.68. The zero-order chi connectivity index (χ0) is 7.40. The fourth-order valence-corrected chi connectivity index (χ4v) is 1.41. The van der Waals surface area contributed by atoms with E-state index in [1.807, 2.05) is 6.07 Å². The summed E-state index contributed by atoms with van der Waals surface area (Å²) in [6, 6.07) is 2.02. The zero-order valence-corrected chi connectivity index (χ0v) is 6.02. The van der Waals surface area contributed by atoms with Crippen molar-refractivity contribution in [1.29, 1.82) is 5.26 Å². The zero-order valence-electron chi connectivity index (χ0n) is 6.02. The Labute approximate surface area is 60.8 Å². The van der Waals surface area contributed by atoms with Crippen molar-refractivity contribution in [1.82, 2.24) is 0 Å². The lowest BCUT2D eigenvalue weighted by molar-refractivity contribution is 0.254. The molecule has 0 N–H and O–H groups in total. The molecule has 56 valence electrons. The molecule has 0 unspecified atom stereocenters. The minimum absolute atomic E-state index is 0.317. The van der Waals surface area contributed by atoms with Crippen LogP contribution < -0.4 is 0 Å². The van der Waals surface area contributed by atoms with Crippen LogP contribution >= 0.6 is 0 Å². The summed E-state index contributed by atoms with van der Waals surface area (Å²) in [7, 11) is 0. The van der Waals surface area contributed by atoms with Gasteiger partial charge < -0.3 is 0 Å². The normalized spacial score (nSPS) is 34.4. The SMILES string of the molecule is N#C[C@H]1CCCCC[C@H]1F. The van der Waals surface area contributed by atoms with Crippen LogP contribution in [0.3, 0.4) is 0 Å². The van der Waals surface area contributed by atoms with E-state index in [0.717, 1.165) is 25.7 Å². The van der Waals surface area contributed by atoms with Gasteiger partial charge in [-0.2, -0.15) is 5.26 Å². The van der Waals surface area contributed by atoms with E-state index < -0.39 is 6.17 Å². The molecule has 10 heavy (non-hydrogen) atoms. The van der Waals surface area contributed by atoms with Crippen LogP contribution in [0.25, 0.3) is 0 Å². The number of nitriles is 1. The quantitative estimate of drug-likeness (QED) is 0.475. The van der Waals surface area contributed by atoms with Crippen LogP contribution in [-0.2, 0) is 0 Å². The van der Waals surface area contributed by atoms with Crippen molar-refractivity contribution in [3.63, 3.8) is 0 Å². The standard InChI is InChI=1S/C8H12FN/c9-8-5-3-1-2-4-7(8)6-10/h7-8H,1-5H2/t7-,8-/m1/s1. The summed E-state index contributed by atoms with van der Waals surface area (Å²) in [5.41, 5.74) is 0. The molecule has 1 aliphatic rings. The fourth-order valence-electron chi connectivity index (χ4n) is 1.41. The van der Waals surface area contributed by atoms with Gasteiger partial charge in [0.1, 0.15) is 6.17 Å². The van der Waals surface area contributed by atoms with E-state index in [-0.39, 0.29) is 5.92 Å². The van der Waals surface area contributed by atoms with E-state index in [0.29, 0.717) is 6.42 Å². The third kappa shape index (κ3) is 1.70. The summed E-state index contributed by atoms with van der Waals surface area (Å²) in [4.78, 5) is 0. The Morgan fingerprint density at radius 2 is 1.90 bits per heavy atom. The first-order chi connectivity index (χ1) is 4.84. The minimum Gasteiger partial charge on any atom is -0.246 e. The number of hydrogen-bond donors (Lipinski definition) is 0. The van der Waals surface area contributed by atoms with Crippen LogP contribution in [0.1, 0.15) is 32.1 Å². The Morgan fingerprint density at radius 3 is 2.60 bits per heavy atom. The van der Waals surface area contributed by atoms with Crippen LogP contribution in [0.15, 0.2) is 0 Å². The van der Waals surface area contributed by atoms with E-state index in [2.05, 4.69) is 0 Å². The first-order valence-corrected chi connectivity index (χ1v) is 3.88. The molecule has 0 radical (unpaired) electrons. The van der Waals surface area contributed by atoms with Crippen molar-refractivity contribution < 1.29 is 4.39 Å². The first-order valence-electron chi connectivity index (χ1n) is 3.88. The summed E-state index contributed by atoms with van der Waals surface area (Å²) >= 11 is 0. The van der Waals surface area contributed by atoms with Crippen LogP contribution in [0.4, 0.5) is 4.39 Å². The van der Waals surface area contributed by atoms with Gasteiger partial charge in [0, 0.05) is 0 Å². The highest BCUT2D eigenvalue weighted by atomic mass is 19.1. The molecule has 0 heterocycles. The third-order valence-electron chi connectivity index (χ3n) is 2.10. The van der Waals surface area contributed by atoms with E-state index in [1.165, 1.54) is 0 Å². The summed E-state index contributed by atoms with van der Waals surface area (Å²) in [5, 5.41) is 8.50. The van der Waals surface area contributed by atoms with Gasteiger partial charge in [0.05, 0.1) is 12.0 Å². The molecule has 1 saturated carbocycles. The Morgan fingerprint density at radius 1 is 1.20 bits per heavy atom. The number of hydrogen-bond acceptors (Lipinski definition) is 1. The molecular weight excluding hydrogens is 129 g/mol. The van der Waals surface area contributed by atoms with Crippen molar-refractivity contribution in [3.8, 4) is 6.07 Å². The highest BCUT2D eigenvalue weighted by Gasteiger charge is 2.22. The summed E-state index contributed by atoms with van der Waals surface area (Å²) in [5.74, 6) is -0.317. The maximum absolute atomic E-state index is 12.9. The largest absolute Gasteiger partial charge is 0.246 e. The van der Waals surface area contributed by atoms with Gasteiger partial charge >= 0.3 is 0 Å². The van der Waals surface area contributed by atoms with Crippen molar-refractivity contribution in [3.05, 3.63) is 0 Å². The molecule has 0 saturated heterocycles. The number of nitrogens with zero attached hydrogens (tertiary/aromatic N) is 1. The van der Waals surface area contributed by atoms with Gasteiger partial charge in [-0.15, -0.1) is 0 Å². The summed E-state index contributed by atoms with van der Waals surface area (Å²) < 4.78 is 12.9. The molecule has 2 heteroatoms. The lowest BCUT2D eigenvalue weighted by Crippen LogP contribution is -2.11. The van der Waals surface area contributed by atoms with Gasteiger partial charge in [-0.3, -0.25) is 0 Å². The van der Waals surface area contributed by atoms with E-state index in [9.17, 15) is 4.39 Å². The predicted octanol–water partition coefficient (Wildman–Crippen LogP) is 2.43. The van der Waals surface area contributed by atoms with E-state index >= 15 is 0 Å². The Bertz CT molecular complexity index is 139. The van der Waals surface area contributed by atoms with E-state index in [4.69, 9.17) is 5.26 Å². The van der Waals surface area contributed by atoms with Gasteiger partial charge in [-0.25, -0.2) is 4.39 Å². The number of alkyl halides is 1. The molecule has 1 rings (SSSR count). The lowest BCUT2D eigenvalue weighted by Gasteiger charge is -2.07. The molecule has 2 atom stereocenters. The molecule has 0 amide bonds. The fraction of sp³-hybridized carbons (Fsp3) is 0.875. The van der Waals surface area contributed by atoms with Crippen LogP contribution in [-0.4, -0.2) is 6.17 Å². The summed E-state index contributed by atoms with van der Waals surface area (Å²) in [6.45, 7) is 0. The maximum Gasteiger partial charge on any atom is 0.116 e. The predicted molar refractivity (Wildman–Crippen MR) is 37.1 cm³/mol. The van der Waals surface area contributed by atoms with Gasteiger partial charge in [-0.05, 0) is 12.8 Å². The van der Waals surface area contributed by atoms with Gasteiger partial charge in [0.2, 0.25) is 0 Å². The highest BCUT2D eigenvalue weighted by Crippen LogP contribution is 2.24. The minimum atomic E-state index is -0.854. The van der Waals surface area contributed by atoms with Crippen molar-refractivity contribution in [2.45, 2.75) is 38.3 Å². The molecular formula is C8H12FN. The van der Waals surface area contributed by atoms with Crippen molar-refractivity contribution >= 4 is 0 Å². The topological polar surface area (TPSA) is 23.8 Å². The Balaban J connectivity index is 2.45. The second-order valence-electron chi connectivity index (χ2n) is 2.89. The first kappa shape index (κ1) is 7.53. The molecule has 0 spiro atoms.